The molecule has 5 nitrogen and oxygen atoms in total. The molecule has 25 heavy (non-hydrogen) atoms. The lowest BCUT2D eigenvalue weighted by Crippen LogP contribution is -2.36. The lowest BCUT2D eigenvalue weighted by Gasteiger charge is -2.35. The quantitative estimate of drug-likeness (QED) is 0.837. The minimum absolute atomic E-state index is 0.0649. The van der Waals surface area contributed by atoms with E-state index in [0.717, 1.165) is 16.9 Å². The standard InChI is InChI=1S/C19H19NO4S/c1-22-15-9-14(10-16-18(15)24-12-23-16)19-20(17(21)7-8-25-19)11-13-5-3-2-4-6-13/h2-6,9-10,19H,7-8,11-12H2,1H3. The van der Waals surface area contributed by atoms with Crippen molar-refractivity contribution in [1.82, 2.24) is 4.90 Å². The smallest absolute Gasteiger partial charge is 0.231 e. The molecule has 6 heteroatoms. The number of hydrogen-bond acceptors (Lipinski definition) is 5. The SMILES string of the molecule is COc1cc(C2SCCC(=O)N2Cc2ccccc2)cc2c1OCO2. The Morgan fingerprint density at radius 1 is 1.24 bits per heavy atom. The van der Waals surface area contributed by atoms with Crippen LogP contribution in [0.1, 0.15) is 22.9 Å². The van der Waals surface area contributed by atoms with E-state index in [1.54, 1.807) is 18.9 Å². The maximum atomic E-state index is 12.6. The Bertz CT molecular complexity index is 780. The number of thioether (sulfide) groups is 1. The fraction of sp³-hybridized carbons (Fsp3) is 0.316. The summed E-state index contributed by atoms with van der Waals surface area (Å²) in [6.45, 7) is 0.785. The number of amides is 1. The van der Waals surface area contributed by atoms with Gasteiger partial charge in [-0.3, -0.25) is 4.79 Å². The van der Waals surface area contributed by atoms with Gasteiger partial charge in [0.05, 0.1) is 7.11 Å². The third-order valence-electron chi connectivity index (χ3n) is 4.36. The summed E-state index contributed by atoms with van der Waals surface area (Å²) in [5, 5.41) is -0.0649. The van der Waals surface area contributed by atoms with Gasteiger partial charge in [-0.2, -0.15) is 0 Å². The maximum absolute atomic E-state index is 12.6. The number of methoxy groups -OCH3 is 1. The van der Waals surface area contributed by atoms with Crippen molar-refractivity contribution < 1.29 is 19.0 Å². The zero-order valence-corrected chi connectivity index (χ0v) is 14.8. The first kappa shape index (κ1) is 16.1. The topological polar surface area (TPSA) is 48.0 Å². The van der Waals surface area contributed by atoms with Gasteiger partial charge in [-0.1, -0.05) is 30.3 Å². The Morgan fingerprint density at radius 2 is 2.08 bits per heavy atom. The monoisotopic (exact) mass is 357 g/mol. The van der Waals surface area contributed by atoms with Gasteiger partial charge in [0.1, 0.15) is 5.37 Å². The molecule has 2 heterocycles. The van der Waals surface area contributed by atoms with Crippen LogP contribution in [0.25, 0.3) is 0 Å². The van der Waals surface area contributed by atoms with Gasteiger partial charge >= 0.3 is 0 Å². The number of carbonyl (C=O) groups is 1. The van der Waals surface area contributed by atoms with Crippen molar-refractivity contribution in [2.75, 3.05) is 19.7 Å². The Morgan fingerprint density at radius 3 is 2.88 bits per heavy atom. The predicted octanol–water partition coefficient (Wildman–Crippen LogP) is 3.59. The molecule has 0 aliphatic carbocycles. The molecule has 1 amide bonds. The van der Waals surface area contributed by atoms with E-state index in [9.17, 15) is 4.79 Å². The van der Waals surface area contributed by atoms with Crippen LogP contribution < -0.4 is 14.2 Å². The van der Waals surface area contributed by atoms with Crippen LogP contribution in [0.15, 0.2) is 42.5 Å². The Labute approximate surface area is 150 Å². The second kappa shape index (κ2) is 6.88. The third kappa shape index (κ3) is 3.14. The molecule has 2 aliphatic heterocycles. The lowest BCUT2D eigenvalue weighted by atomic mass is 10.1. The van der Waals surface area contributed by atoms with Crippen LogP contribution in [-0.4, -0.2) is 30.5 Å². The molecule has 1 fully saturated rings. The molecular formula is C19H19NO4S. The zero-order valence-electron chi connectivity index (χ0n) is 13.9. The minimum Gasteiger partial charge on any atom is -0.493 e. The van der Waals surface area contributed by atoms with Crippen LogP contribution in [0, 0.1) is 0 Å². The second-order valence-electron chi connectivity index (χ2n) is 5.94. The number of hydrogen-bond donors (Lipinski definition) is 0. The van der Waals surface area contributed by atoms with Gasteiger partial charge < -0.3 is 19.1 Å². The number of nitrogens with zero attached hydrogens (tertiary/aromatic N) is 1. The van der Waals surface area contributed by atoms with Crippen LogP contribution in [0.5, 0.6) is 17.2 Å². The van der Waals surface area contributed by atoms with Crippen molar-refractivity contribution in [1.29, 1.82) is 0 Å². The maximum Gasteiger partial charge on any atom is 0.231 e. The molecule has 1 saturated heterocycles. The highest BCUT2D eigenvalue weighted by Gasteiger charge is 2.32. The number of carbonyl (C=O) groups excluding carboxylic acids is 1. The minimum atomic E-state index is -0.0649. The van der Waals surface area contributed by atoms with Gasteiger partial charge in [0, 0.05) is 18.7 Å². The first-order valence-electron chi connectivity index (χ1n) is 8.19. The number of ether oxygens (including phenoxy) is 3. The van der Waals surface area contributed by atoms with Crippen LogP contribution in [-0.2, 0) is 11.3 Å². The van der Waals surface area contributed by atoms with Crippen LogP contribution >= 0.6 is 11.8 Å². The highest BCUT2D eigenvalue weighted by Crippen LogP contribution is 2.47. The van der Waals surface area contributed by atoms with E-state index < -0.39 is 0 Å². The molecule has 1 atom stereocenters. The predicted molar refractivity (Wildman–Crippen MR) is 95.9 cm³/mol. The third-order valence-corrected chi connectivity index (χ3v) is 5.64. The first-order valence-corrected chi connectivity index (χ1v) is 9.23. The molecule has 0 radical (unpaired) electrons. The van der Waals surface area contributed by atoms with Gasteiger partial charge in [0.25, 0.3) is 0 Å². The first-order chi connectivity index (χ1) is 12.3. The average Bonchev–Trinajstić information content (AvgIpc) is 3.12. The second-order valence-corrected chi connectivity index (χ2v) is 7.13. The molecule has 0 bridgehead atoms. The molecule has 0 N–H and O–H groups in total. The molecule has 0 saturated carbocycles. The lowest BCUT2D eigenvalue weighted by molar-refractivity contribution is -0.132. The number of fused-ring (bicyclic) bond motifs is 1. The summed E-state index contributed by atoms with van der Waals surface area (Å²) in [5.41, 5.74) is 2.12. The molecule has 1 unspecified atom stereocenters. The summed E-state index contributed by atoms with van der Waals surface area (Å²) in [4.78, 5) is 14.5. The van der Waals surface area contributed by atoms with Gasteiger partial charge in [-0.15, -0.1) is 11.8 Å². The molecule has 0 spiro atoms. The van der Waals surface area contributed by atoms with E-state index in [-0.39, 0.29) is 18.1 Å². The summed E-state index contributed by atoms with van der Waals surface area (Å²) in [7, 11) is 1.61. The fourth-order valence-corrected chi connectivity index (χ4v) is 4.36. The molecule has 4 rings (SSSR count). The molecular weight excluding hydrogens is 338 g/mol. The van der Waals surface area contributed by atoms with Gasteiger partial charge in [0.2, 0.25) is 18.4 Å². The van der Waals surface area contributed by atoms with Crippen LogP contribution in [0.3, 0.4) is 0 Å². The van der Waals surface area contributed by atoms with Gasteiger partial charge in [-0.25, -0.2) is 0 Å². The van der Waals surface area contributed by atoms with E-state index >= 15 is 0 Å². The van der Waals surface area contributed by atoms with Gasteiger partial charge in [-0.05, 0) is 23.3 Å². The van der Waals surface area contributed by atoms with Crippen molar-refractivity contribution >= 4 is 17.7 Å². The highest BCUT2D eigenvalue weighted by molar-refractivity contribution is 7.99. The zero-order chi connectivity index (χ0) is 17.2. The van der Waals surface area contributed by atoms with Crippen LogP contribution in [0.4, 0.5) is 0 Å². The van der Waals surface area contributed by atoms with Crippen LogP contribution in [0.2, 0.25) is 0 Å². The molecule has 2 aromatic rings. The van der Waals surface area contributed by atoms with Gasteiger partial charge in [0.15, 0.2) is 11.5 Å². The Hall–Kier alpha value is -2.34. The molecule has 2 aliphatic rings. The van der Waals surface area contributed by atoms with Crippen molar-refractivity contribution in [3.05, 3.63) is 53.6 Å². The summed E-state index contributed by atoms with van der Waals surface area (Å²) < 4.78 is 16.5. The van der Waals surface area contributed by atoms with Crippen molar-refractivity contribution in [3.63, 3.8) is 0 Å². The fourth-order valence-electron chi connectivity index (χ4n) is 3.14. The van der Waals surface area contributed by atoms with E-state index in [1.165, 1.54) is 0 Å². The van der Waals surface area contributed by atoms with E-state index in [4.69, 9.17) is 14.2 Å². The molecule has 130 valence electrons. The summed E-state index contributed by atoms with van der Waals surface area (Å²) in [6.07, 6.45) is 0.565. The van der Waals surface area contributed by atoms with Crippen molar-refractivity contribution in [3.8, 4) is 17.2 Å². The van der Waals surface area contributed by atoms with Crippen molar-refractivity contribution in [2.45, 2.75) is 18.3 Å². The van der Waals surface area contributed by atoms with E-state index in [0.29, 0.717) is 30.2 Å². The highest BCUT2D eigenvalue weighted by atomic mass is 32.2. The Kier molecular flexibility index (Phi) is 4.44. The van der Waals surface area contributed by atoms with E-state index in [1.807, 2.05) is 47.4 Å². The largest absolute Gasteiger partial charge is 0.493 e. The molecule has 0 aromatic heterocycles. The molecule has 2 aromatic carbocycles. The summed E-state index contributed by atoms with van der Waals surface area (Å²) in [6, 6.07) is 14.0. The number of benzene rings is 2. The average molecular weight is 357 g/mol. The Balaban J connectivity index is 1.68. The normalized spacial score (nSPS) is 19.2. The van der Waals surface area contributed by atoms with E-state index in [2.05, 4.69) is 0 Å². The summed E-state index contributed by atoms with van der Waals surface area (Å²) in [5.74, 6) is 2.93. The number of rotatable bonds is 4. The van der Waals surface area contributed by atoms with Crippen molar-refractivity contribution in [2.24, 2.45) is 0 Å². The summed E-state index contributed by atoms with van der Waals surface area (Å²) >= 11 is 1.77.